The zero-order valence-electron chi connectivity index (χ0n) is 16.8. The first kappa shape index (κ1) is 19.7. The predicted octanol–water partition coefficient (Wildman–Crippen LogP) is 4.84. The summed E-state index contributed by atoms with van der Waals surface area (Å²) in [6, 6.07) is 17.8. The molecule has 5 rings (SSSR count). The van der Waals surface area contributed by atoms with E-state index in [-0.39, 0.29) is 23.3 Å². The maximum atomic E-state index is 12.6. The molecule has 0 aliphatic heterocycles. The van der Waals surface area contributed by atoms with Gasteiger partial charge >= 0.3 is 0 Å². The topological polar surface area (TPSA) is 106 Å². The number of amides is 2. The van der Waals surface area contributed by atoms with Crippen molar-refractivity contribution < 1.29 is 18.7 Å². The molecule has 2 aromatic carbocycles. The van der Waals surface area contributed by atoms with Gasteiger partial charge in [-0.2, -0.15) is 0 Å². The van der Waals surface area contributed by atoms with Crippen molar-refractivity contribution in [3.63, 3.8) is 0 Å². The van der Waals surface area contributed by atoms with Gasteiger partial charge in [-0.15, -0.1) is 0 Å². The molecule has 158 valence electrons. The SMILES string of the molecule is CNC(=O)c1cc(Oc2ccc3nc(NC(=O)c4cc5ccccc5o4)sc3c2)ccn1. The molecule has 3 aromatic heterocycles. The number of anilines is 1. The second-order valence-electron chi connectivity index (χ2n) is 6.81. The Balaban J connectivity index is 1.35. The van der Waals surface area contributed by atoms with Crippen molar-refractivity contribution in [1.82, 2.24) is 15.3 Å². The fraction of sp³-hybridized carbons (Fsp3) is 0.0435. The third-order valence-electron chi connectivity index (χ3n) is 4.66. The van der Waals surface area contributed by atoms with Crippen LogP contribution in [0.2, 0.25) is 0 Å². The van der Waals surface area contributed by atoms with Gasteiger partial charge in [0.05, 0.1) is 10.2 Å². The summed E-state index contributed by atoms with van der Waals surface area (Å²) < 4.78 is 12.3. The van der Waals surface area contributed by atoms with E-state index in [0.717, 1.165) is 15.6 Å². The summed E-state index contributed by atoms with van der Waals surface area (Å²) in [5, 5.41) is 6.63. The minimum atomic E-state index is -0.366. The number of para-hydroxylation sites is 1. The maximum absolute atomic E-state index is 12.6. The Labute approximate surface area is 185 Å². The summed E-state index contributed by atoms with van der Waals surface area (Å²) in [5.41, 5.74) is 1.64. The standard InChI is InChI=1S/C23H16N4O4S/c1-24-21(28)17-11-15(8-9-25-17)30-14-6-7-16-20(12-14)32-23(26-16)27-22(29)19-10-13-4-2-3-5-18(13)31-19/h2-12H,1H3,(H,24,28)(H,26,27,29). The number of benzene rings is 2. The molecule has 0 radical (unpaired) electrons. The number of carbonyl (C=O) groups excluding carboxylic acids is 2. The Kier molecular flexibility index (Phi) is 5.00. The third-order valence-corrected chi connectivity index (χ3v) is 5.59. The van der Waals surface area contributed by atoms with Crippen LogP contribution < -0.4 is 15.4 Å². The van der Waals surface area contributed by atoms with Gasteiger partial charge in [-0.3, -0.25) is 19.9 Å². The Morgan fingerprint density at radius 3 is 2.69 bits per heavy atom. The summed E-state index contributed by atoms with van der Waals surface area (Å²) in [4.78, 5) is 32.8. The lowest BCUT2D eigenvalue weighted by molar-refractivity contribution is 0.0956. The number of pyridine rings is 1. The first-order chi connectivity index (χ1) is 15.6. The zero-order valence-corrected chi connectivity index (χ0v) is 17.6. The highest BCUT2D eigenvalue weighted by molar-refractivity contribution is 7.22. The van der Waals surface area contributed by atoms with Crippen molar-refractivity contribution in [3.8, 4) is 11.5 Å². The van der Waals surface area contributed by atoms with Crippen molar-refractivity contribution in [2.45, 2.75) is 0 Å². The van der Waals surface area contributed by atoms with Crippen molar-refractivity contribution in [2.24, 2.45) is 0 Å². The van der Waals surface area contributed by atoms with Gasteiger partial charge in [0.25, 0.3) is 11.8 Å². The van der Waals surface area contributed by atoms with Crippen molar-refractivity contribution in [3.05, 3.63) is 78.3 Å². The molecule has 0 bridgehead atoms. The van der Waals surface area contributed by atoms with Gasteiger partial charge in [-0.25, -0.2) is 4.98 Å². The summed E-state index contributed by atoms with van der Waals surface area (Å²) in [6.45, 7) is 0. The normalized spacial score (nSPS) is 10.9. The lowest BCUT2D eigenvalue weighted by Crippen LogP contribution is -2.18. The number of thiazole rings is 1. The van der Waals surface area contributed by atoms with E-state index in [1.807, 2.05) is 30.3 Å². The number of hydrogen-bond acceptors (Lipinski definition) is 7. The molecular weight excluding hydrogens is 428 g/mol. The van der Waals surface area contributed by atoms with Gasteiger partial charge in [-0.05, 0) is 30.3 Å². The molecule has 8 nitrogen and oxygen atoms in total. The van der Waals surface area contributed by atoms with Crippen LogP contribution in [0.15, 0.2) is 71.3 Å². The summed E-state index contributed by atoms with van der Waals surface area (Å²) >= 11 is 1.32. The van der Waals surface area contributed by atoms with E-state index in [1.54, 1.807) is 37.4 Å². The first-order valence-electron chi connectivity index (χ1n) is 9.65. The van der Waals surface area contributed by atoms with Crippen LogP contribution in [-0.2, 0) is 0 Å². The maximum Gasteiger partial charge on any atom is 0.293 e. The van der Waals surface area contributed by atoms with E-state index >= 15 is 0 Å². The first-order valence-corrected chi connectivity index (χ1v) is 10.5. The lowest BCUT2D eigenvalue weighted by atomic mass is 10.2. The van der Waals surface area contributed by atoms with E-state index in [1.165, 1.54) is 17.5 Å². The number of ether oxygens (including phenoxy) is 1. The Morgan fingerprint density at radius 2 is 1.84 bits per heavy atom. The molecule has 0 aliphatic carbocycles. The molecule has 0 saturated heterocycles. The van der Waals surface area contributed by atoms with Crippen molar-refractivity contribution >= 4 is 49.5 Å². The van der Waals surface area contributed by atoms with E-state index < -0.39 is 0 Å². The molecule has 0 aliphatic rings. The van der Waals surface area contributed by atoms with E-state index in [9.17, 15) is 9.59 Å². The number of fused-ring (bicyclic) bond motifs is 2. The van der Waals surface area contributed by atoms with Crippen LogP contribution in [0, 0.1) is 0 Å². The molecule has 32 heavy (non-hydrogen) atoms. The Morgan fingerprint density at radius 1 is 1.00 bits per heavy atom. The van der Waals surface area contributed by atoms with Gasteiger partial charge in [0, 0.05) is 30.8 Å². The number of carbonyl (C=O) groups is 2. The lowest BCUT2D eigenvalue weighted by Gasteiger charge is -2.06. The smallest absolute Gasteiger partial charge is 0.293 e. The zero-order chi connectivity index (χ0) is 22.1. The minimum Gasteiger partial charge on any atom is -0.457 e. The number of nitrogens with zero attached hydrogens (tertiary/aromatic N) is 2. The molecule has 9 heteroatoms. The average Bonchev–Trinajstić information content (AvgIpc) is 3.42. The number of aromatic nitrogens is 2. The fourth-order valence-corrected chi connectivity index (χ4v) is 4.03. The van der Waals surface area contributed by atoms with E-state index in [0.29, 0.717) is 22.2 Å². The highest BCUT2D eigenvalue weighted by Gasteiger charge is 2.15. The summed E-state index contributed by atoms with van der Waals surface area (Å²) in [5.74, 6) is 0.624. The number of hydrogen-bond donors (Lipinski definition) is 2. The number of rotatable bonds is 5. The van der Waals surface area contributed by atoms with Crippen LogP contribution in [0.1, 0.15) is 21.0 Å². The summed E-state index contributed by atoms with van der Waals surface area (Å²) in [7, 11) is 1.54. The van der Waals surface area contributed by atoms with Crippen LogP contribution in [0.3, 0.4) is 0 Å². The van der Waals surface area contributed by atoms with Crippen LogP contribution in [0.25, 0.3) is 21.2 Å². The van der Waals surface area contributed by atoms with Gasteiger partial charge in [-0.1, -0.05) is 29.5 Å². The van der Waals surface area contributed by atoms with Gasteiger partial charge in [0.2, 0.25) is 0 Å². The molecule has 2 amide bonds. The average molecular weight is 444 g/mol. The molecule has 5 aromatic rings. The molecule has 2 N–H and O–H groups in total. The molecule has 0 saturated carbocycles. The summed E-state index contributed by atoms with van der Waals surface area (Å²) in [6.07, 6.45) is 1.51. The highest BCUT2D eigenvalue weighted by Crippen LogP contribution is 2.32. The molecule has 3 heterocycles. The Hall–Kier alpha value is -4.24. The fourth-order valence-electron chi connectivity index (χ4n) is 3.14. The Bertz CT molecular complexity index is 1440. The van der Waals surface area contributed by atoms with Crippen molar-refractivity contribution in [2.75, 3.05) is 12.4 Å². The van der Waals surface area contributed by atoms with Crippen LogP contribution in [-0.4, -0.2) is 28.8 Å². The quantitative estimate of drug-likeness (QED) is 0.402. The van der Waals surface area contributed by atoms with E-state index in [4.69, 9.17) is 9.15 Å². The molecule has 0 spiro atoms. The van der Waals surface area contributed by atoms with Gasteiger partial charge in [0.1, 0.15) is 22.8 Å². The van der Waals surface area contributed by atoms with Crippen LogP contribution >= 0.6 is 11.3 Å². The molecule has 0 fully saturated rings. The molecular formula is C23H16N4O4S. The third kappa shape index (κ3) is 3.88. The van der Waals surface area contributed by atoms with Crippen molar-refractivity contribution in [1.29, 1.82) is 0 Å². The van der Waals surface area contributed by atoms with E-state index in [2.05, 4.69) is 20.6 Å². The second-order valence-corrected chi connectivity index (χ2v) is 7.84. The van der Waals surface area contributed by atoms with Gasteiger partial charge in [0.15, 0.2) is 10.9 Å². The molecule has 0 atom stereocenters. The van der Waals surface area contributed by atoms with Crippen LogP contribution in [0.5, 0.6) is 11.5 Å². The minimum absolute atomic E-state index is 0.221. The number of nitrogens with one attached hydrogen (secondary N) is 2. The highest BCUT2D eigenvalue weighted by atomic mass is 32.1. The number of furan rings is 1. The predicted molar refractivity (Wildman–Crippen MR) is 121 cm³/mol. The monoisotopic (exact) mass is 444 g/mol. The molecule has 0 unspecified atom stereocenters. The second kappa shape index (κ2) is 8.12. The van der Waals surface area contributed by atoms with Crippen LogP contribution in [0.4, 0.5) is 5.13 Å². The van der Waals surface area contributed by atoms with Gasteiger partial charge < -0.3 is 14.5 Å². The largest absolute Gasteiger partial charge is 0.457 e.